The highest BCUT2D eigenvalue weighted by molar-refractivity contribution is 6.31. The first-order chi connectivity index (χ1) is 9.69. The summed E-state index contributed by atoms with van der Waals surface area (Å²) in [6.07, 6.45) is 0. The van der Waals surface area contributed by atoms with Gasteiger partial charge in [0.15, 0.2) is 0 Å². The normalized spacial score (nSPS) is 18.9. The van der Waals surface area contributed by atoms with Gasteiger partial charge in [-0.3, -0.25) is 0 Å². The molecule has 1 fully saturated rings. The summed E-state index contributed by atoms with van der Waals surface area (Å²) in [5, 5.41) is 4.15. The van der Waals surface area contributed by atoms with Crippen LogP contribution in [0.5, 0.6) is 0 Å². The molecule has 1 aromatic rings. The molecule has 0 radical (unpaired) electrons. The first-order valence-corrected chi connectivity index (χ1v) is 7.83. The van der Waals surface area contributed by atoms with Crippen molar-refractivity contribution in [3.05, 3.63) is 22.8 Å². The molecule has 21 heavy (non-hydrogen) atoms. The van der Waals surface area contributed by atoms with E-state index in [-0.39, 0.29) is 11.1 Å². The molecule has 0 spiro atoms. The lowest BCUT2D eigenvalue weighted by Gasteiger charge is -2.43. The number of nitrogens with one attached hydrogen (secondary N) is 1. The second-order valence-corrected chi connectivity index (χ2v) is 7.63. The Morgan fingerprint density at radius 2 is 2.10 bits per heavy atom. The fourth-order valence-corrected chi connectivity index (χ4v) is 2.55. The molecular formula is C16H26ClN3O. The quantitative estimate of drug-likeness (QED) is 0.930. The molecule has 5 heteroatoms. The zero-order valence-corrected chi connectivity index (χ0v) is 14.4. The molecule has 4 nitrogen and oxygen atoms in total. The summed E-state index contributed by atoms with van der Waals surface area (Å²) in [7, 11) is 0. The number of halogens is 1. The Bertz CT molecular complexity index is 497. The standard InChI is InChI=1S/C16H26ClN3O/c1-15(2,3)18-10-13-12(17)6-7-14(19-13)20-8-9-21-11-16(20,4)5/h6-7,18H,8-11H2,1-5H3. The lowest BCUT2D eigenvalue weighted by atomic mass is 10.0. The third kappa shape index (κ3) is 4.31. The summed E-state index contributed by atoms with van der Waals surface area (Å²) >= 11 is 6.29. The molecule has 0 aromatic carbocycles. The van der Waals surface area contributed by atoms with Crippen molar-refractivity contribution in [1.82, 2.24) is 10.3 Å². The van der Waals surface area contributed by atoms with E-state index < -0.39 is 0 Å². The van der Waals surface area contributed by atoms with Gasteiger partial charge in [0.1, 0.15) is 5.82 Å². The molecule has 0 unspecified atom stereocenters. The molecule has 0 saturated carbocycles. The molecular weight excluding hydrogens is 286 g/mol. The lowest BCUT2D eigenvalue weighted by molar-refractivity contribution is 0.0639. The van der Waals surface area contributed by atoms with Crippen molar-refractivity contribution in [2.45, 2.75) is 52.2 Å². The fraction of sp³-hybridized carbons (Fsp3) is 0.688. The van der Waals surface area contributed by atoms with Gasteiger partial charge < -0.3 is 15.0 Å². The highest BCUT2D eigenvalue weighted by Crippen LogP contribution is 2.27. The highest BCUT2D eigenvalue weighted by Gasteiger charge is 2.31. The Morgan fingerprint density at radius 1 is 1.38 bits per heavy atom. The zero-order valence-electron chi connectivity index (χ0n) is 13.7. The van der Waals surface area contributed by atoms with Gasteiger partial charge in [0.25, 0.3) is 0 Å². The predicted octanol–water partition coefficient (Wildman–Crippen LogP) is 3.24. The van der Waals surface area contributed by atoms with Crippen LogP contribution in [0.25, 0.3) is 0 Å². The number of morpholine rings is 1. The molecule has 1 aliphatic heterocycles. The maximum Gasteiger partial charge on any atom is 0.129 e. The van der Waals surface area contributed by atoms with Crippen LogP contribution in [0.2, 0.25) is 5.02 Å². The van der Waals surface area contributed by atoms with Gasteiger partial charge in [0, 0.05) is 18.6 Å². The molecule has 0 bridgehead atoms. The highest BCUT2D eigenvalue weighted by atomic mass is 35.5. The Labute approximate surface area is 132 Å². The minimum Gasteiger partial charge on any atom is -0.377 e. The van der Waals surface area contributed by atoms with E-state index in [0.29, 0.717) is 18.2 Å². The Hall–Kier alpha value is -0.840. The first kappa shape index (κ1) is 16.5. The van der Waals surface area contributed by atoms with Gasteiger partial charge in [-0.1, -0.05) is 11.6 Å². The molecule has 1 saturated heterocycles. The van der Waals surface area contributed by atoms with Gasteiger partial charge >= 0.3 is 0 Å². The van der Waals surface area contributed by atoms with E-state index in [4.69, 9.17) is 21.3 Å². The summed E-state index contributed by atoms with van der Waals surface area (Å²) in [5.74, 6) is 0.971. The number of rotatable bonds is 3. The van der Waals surface area contributed by atoms with Crippen molar-refractivity contribution in [1.29, 1.82) is 0 Å². The fourth-order valence-electron chi connectivity index (χ4n) is 2.38. The van der Waals surface area contributed by atoms with Gasteiger partial charge in [-0.15, -0.1) is 0 Å². The van der Waals surface area contributed by atoms with Crippen LogP contribution in [0.4, 0.5) is 5.82 Å². The van der Waals surface area contributed by atoms with Crippen molar-refractivity contribution < 1.29 is 4.74 Å². The lowest BCUT2D eigenvalue weighted by Crippen LogP contribution is -2.53. The topological polar surface area (TPSA) is 37.4 Å². The number of nitrogens with zero attached hydrogens (tertiary/aromatic N) is 2. The van der Waals surface area contributed by atoms with Crippen molar-refractivity contribution in [3.63, 3.8) is 0 Å². The number of ether oxygens (including phenoxy) is 1. The summed E-state index contributed by atoms with van der Waals surface area (Å²) < 4.78 is 5.57. The Kier molecular flexibility index (Phi) is 4.81. The third-order valence-electron chi connectivity index (χ3n) is 3.61. The van der Waals surface area contributed by atoms with Crippen LogP contribution in [0, 0.1) is 0 Å². The number of aromatic nitrogens is 1. The second-order valence-electron chi connectivity index (χ2n) is 7.22. The van der Waals surface area contributed by atoms with Crippen LogP contribution in [-0.4, -0.2) is 35.8 Å². The van der Waals surface area contributed by atoms with E-state index in [1.807, 2.05) is 12.1 Å². The van der Waals surface area contributed by atoms with E-state index >= 15 is 0 Å². The average molecular weight is 312 g/mol. The molecule has 2 rings (SSSR count). The van der Waals surface area contributed by atoms with Gasteiger partial charge in [-0.25, -0.2) is 4.98 Å². The number of pyridine rings is 1. The number of anilines is 1. The van der Waals surface area contributed by atoms with Gasteiger partial charge in [-0.05, 0) is 46.8 Å². The predicted molar refractivity (Wildman–Crippen MR) is 88.1 cm³/mol. The van der Waals surface area contributed by atoms with Crippen molar-refractivity contribution in [2.75, 3.05) is 24.7 Å². The maximum atomic E-state index is 6.29. The third-order valence-corrected chi connectivity index (χ3v) is 3.96. The Balaban J connectivity index is 2.21. The van der Waals surface area contributed by atoms with Crippen molar-refractivity contribution in [3.8, 4) is 0 Å². The molecule has 0 atom stereocenters. The number of hydrogen-bond acceptors (Lipinski definition) is 4. The van der Waals surface area contributed by atoms with E-state index in [9.17, 15) is 0 Å². The van der Waals surface area contributed by atoms with Crippen LogP contribution in [0.3, 0.4) is 0 Å². The summed E-state index contributed by atoms with van der Waals surface area (Å²) in [6, 6.07) is 3.94. The molecule has 118 valence electrons. The van der Waals surface area contributed by atoms with E-state index in [1.165, 1.54) is 0 Å². The van der Waals surface area contributed by atoms with Gasteiger partial charge in [0.2, 0.25) is 0 Å². The largest absolute Gasteiger partial charge is 0.377 e. The molecule has 0 aliphatic carbocycles. The van der Waals surface area contributed by atoms with Gasteiger partial charge in [-0.2, -0.15) is 0 Å². The van der Waals surface area contributed by atoms with Crippen LogP contribution in [-0.2, 0) is 11.3 Å². The maximum absolute atomic E-state index is 6.29. The van der Waals surface area contributed by atoms with Crippen molar-refractivity contribution >= 4 is 17.4 Å². The molecule has 1 aliphatic rings. The van der Waals surface area contributed by atoms with Crippen LogP contribution < -0.4 is 10.2 Å². The molecule has 1 aromatic heterocycles. The van der Waals surface area contributed by atoms with Gasteiger partial charge in [0.05, 0.1) is 29.5 Å². The SMILES string of the molecule is CC(C)(C)NCc1nc(N2CCOCC2(C)C)ccc1Cl. The molecule has 0 amide bonds. The number of hydrogen-bond donors (Lipinski definition) is 1. The molecule has 1 N–H and O–H groups in total. The van der Waals surface area contributed by atoms with Crippen molar-refractivity contribution in [2.24, 2.45) is 0 Å². The summed E-state index contributed by atoms with van der Waals surface area (Å²) in [5.41, 5.74) is 0.888. The summed E-state index contributed by atoms with van der Waals surface area (Å²) in [6.45, 7) is 13.7. The average Bonchev–Trinajstić information content (AvgIpc) is 2.37. The molecule has 2 heterocycles. The smallest absolute Gasteiger partial charge is 0.129 e. The monoisotopic (exact) mass is 311 g/mol. The minimum absolute atomic E-state index is 0.0409. The minimum atomic E-state index is -0.0478. The van der Waals surface area contributed by atoms with Crippen LogP contribution in [0.15, 0.2) is 12.1 Å². The van der Waals surface area contributed by atoms with E-state index in [0.717, 1.165) is 24.7 Å². The zero-order chi connectivity index (χ0) is 15.7. The van der Waals surface area contributed by atoms with E-state index in [1.54, 1.807) is 0 Å². The summed E-state index contributed by atoms with van der Waals surface area (Å²) in [4.78, 5) is 7.07. The van der Waals surface area contributed by atoms with Crippen LogP contribution >= 0.6 is 11.6 Å². The Morgan fingerprint density at radius 3 is 2.71 bits per heavy atom. The van der Waals surface area contributed by atoms with E-state index in [2.05, 4.69) is 44.8 Å². The van der Waals surface area contributed by atoms with Crippen LogP contribution in [0.1, 0.15) is 40.3 Å². The first-order valence-electron chi connectivity index (χ1n) is 7.45. The second kappa shape index (κ2) is 6.11.